The number of nitrogens with one attached hydrogen (secondary N) is 1. The second kappa shape index (κ2) is 8.52. The Hall–Kier alpha value is -4.07. The van der Waals surface area contributed by atoms with Crippen molar-refractivity contribution in [2.24, 2.45) is 5.73 Å². The molecule has 3 rings (SSSR count). The highest BCUT2D eigenvalue weighted by Gasteiger charge is 2.42. The number of phenols is 2. The molecule has 8 heteroatoms. The van der Waals surface area contributed by atoms with Crippen LogP contribution in [-0.4, -0.2) is 33.9 Å². The molecule has 0 aliphatic heterocycles. The quantitative estimate of drug-likeness (QED) is 0.255. The van der Waals surface area contributed by atoms with Gasteiger partial charge in [0.05, 0.1) is 6.42 Å². The molecule has 8 nitrogen and oxygen atoms in total. The maximum absolute atomic E-state index is 12.9. The maximum Gasteiger partial charge on any atom is 0.340 e. The summed E-state index contributed by atoms with van der Waals surface area (Å²) >= 11 is 0. The molecule has 154 valence electrons. The standard InChI is InChI=1S/C22H20N2O6/c23-20(28)11-22(13-25,21(29)30-12-14-5-2-1-3-6-14)24-18-10-15(26)9-17-16(18)7-4-8-19(17)27/h1-10,13,24,26-27H,11-12H2,(H2,23,28)/t22-/m1/s1. The lowest BCUT2D eigenvalue weighted by atomic mass is 9.95. The van der Waals surface area contributed by atoms with Gasteiger partial charge in [-0.15, -0.1) is 0 Å². The van der Waals surface area contributed by atoms with Gasteiger partial charge in [0.2, 0.25) is 11.4 Å². The Morgan fingerprint density at radius 3 is 2.43 bits per heavy atom. The zero-order valence-corrected chi connectivity index (χ0v) is 15.9. The van der Waals surface area contributed by atoms with Crippen LogP contribution < -0.4 is 11.1 Å². The number of carbonyl (C=O) groups is 3. The second-order valence-corrected chi connectivity index (χ2v) is 6.78. The number of aldehydes is 1. The number of hydrogen-bond donors (Lipinski definition) is 4. The van der Waals surface area contributed by atoms with Crippen molar-refractivity contribution < 1.29 is 29.3 Å². The molecule has 3 aromatic carbocycles. The van der Waals surface area contributed by atoms with E-state index in [2.05, 4.69) is 5.32 Å². The Bertz CT molecular complexity index is 1100. The van der Waals surface area contributed by atoms with Crippen LogP contribution in [0.5, 0.6) is 11.5 Å². The predicted molar refractivity (Wildman–Crippen MR) is 110 cm³/mol. The fourth-order valence-corrected chi connectivity index (χ4v) is 3.11. The fraction of sp³-hybridized carbons (Fsp3) is 0.136. The van der Waals surface area contributed by atoms with E-state index < -0.39 is 23.8 Å². The van der Waals surface area contributed by atoms with Gasteiger partial charge in [-0.1, -0.05) is 42.5 Å². The lowest BCUT2D eigenvalue weighted by Crippen LogP contribution is -2.51. The molecule has 0 radical (unpaired) electrons. The van der Waals surface area contributed by atoms with E-state index in [-0.39, 0.29) is 35.5 Å². The molecule has 30 heavy (non-hydrogen) atoms. The summed E-state index contributed by atoms with van der Waals surface area (Å²) < 4.78 is 5.27. The second-order valence-electron chi connectivity index (χ2n) is 6.78. The van der Waals surface area contributed by atoms with E-state index in [1.807, 2.05) is 0 Å². The zero-order valence-electron chi connectivity index (χ0n) is 15.9. The predicted octanol–water partition coefficient (Wildman–Crippen LogP) is 2.22. The summed E-state index contributed by atoms with van der Waals surface area (Å²) in [5.41, 5.74) is 4.00. The molecule has 1 amide bonds. The van der Waals surface area contributed by atoms with E-state index in [0.717, 1.165) is 0 Å². The summed E-state index contributed by atoms with van der Waals surface area (Å²) in [4.78, 5) is 36.5. The molecular formula is C22H20N2O6. The molecule has 0 aliphatic carbocycles. The first kappa shape index (κ1) is 20.7. The summed E-state index contributed by atoms with van der Waals surface area (Å²) in [5, 5.41) is 23.5. The molecule has 0 bridgehead atoms. The Kier molecular flexibility index (Phi) is 5.87. The highest BCUT2D eigenvalue weighted by Crippen LogP contribution is 2.35. The number of hydrogen-bond acceptors (Lipinski definition) is 7. The number of rotatable bonds is 8. The minimum absolute atomic E-state index is 0.107. The lowest BCUT2D eigenvalue weighted by molar-refractivity contribution is -0.153. The van der Waals surface area contributed by atoms with E-state index in [1.54, 1.807) is 42.5 Å². The van der Waals surface area contributed by atoms with Gasteiger partial charge in [0.15, 0.2) is 6.29 Å². The summed E-state index contributed by atoms with van der Waals surface area (Å²) in [6.07, 6.45) is -0.413. The first-order valence-electron chi connectivity index (χ1n) is 9.03. The van der Waals surface area contributed by atoms with E-state index in [9.17, 15) is 24.6 Å². The lowest BCUT2D eigenvalue weighted by Gasteiger charge is -2.28. The van der Waals surface area contributed by atoms with E-state index in [0.29, 0.717) is 10.9 Å². The van der Waals surface area contributed by atoms with Gasteiger partial charge in [0.25, 0.3) is 0 Å². The topological polar surface area (TPSA) is 139 Å². The Labute approximate surface area is 171 Å². The third-order valence-electron chi connectivity index (χ3n) is 4.55. The number of anilines is 1. The van der Waals surface area contributed by atoms with Gasteiger partial charge >= 0.3 is 5.97 Å². The highest BCUT2D eigenvalue weighted by atomic mass is 16.5. The number of carbonyl (C=O) groups excluding carboxylic acids is 3. The summed E-state index contributed by atoms with van der Waals surface area (Å²) in [7, 11) is 0. The van der Waals surface area contributed by atoms with E-state index in [4.69, 9.17) is 10.5 Å². The Balaban J connectivity index is 1.99. The Morgan fingerprint density at radius 2 is 1.77 bits per heavy atom. The number of primary amides is 1. The summed E-state index contributed by atoms with van der Waals surface area (Å²) in [5.74, 6) is -2.23. The molecule has 0 fully saturated rings. The minimum Gasteiger partial charge on any atom is -0.508 e. The number of fused-ring (bicyclic) bond motifs is 1. The number of ether oxygens (including phenoxy) is 1. The molecule has 3 aromatic rings. The van der Waals surface area contributed by atoms with Crippen LogP contribution in [-0.2, 0) is 25.7 Å². The number of nitrogens with two attached hydrogens (primary N) is 1. The zero-order chi connectivity index (χ0) is 21.7. The molecule has 0 unspecified atom stereocenters. The van der Waals surface area contributed by atoms with Crippen LogP contribution in [0.1, 0.15) is 12.0 Å². The number of benzene rings is 3. The van der Waals surface area contributed by atoms with Crippen LogP contribution >= 0.6 is 0 Å². The van der Waals surface area contributed by atoms with Crippen LogP contribution in [0.4, 0.5) is 5.69 Å². The normalized spacial score (nSPS) is 12.7. The van der Waals surface area contributed by atoms with Crippen molar-refractivity contribution >= 4 is 34.6 Å². The van der Waals surface area contributed by atoms with Gasteiger partial charge in [-0.3, -0.25) is 4.79 Å². The van der Waals surface area contributed by atoms with Crippen molar-refractivity contribution in [3.63, 3.8) is 0 Å². The number of esters is 1. The third-order valence-corrected chi connectivity index (χ3v) is 4.55. The first-order valence-corrected chi connectivity index (χ1v) is 9.03. The maximum atomic E-state index is 12.9. The van der Waals surface area contributed by atoms with Crippen molar-refractivity contribution in [1.82, 2.24) is 0 Å². The van der Waals surface area contributed by atoms with Crippen molar-refractivity contribution in [2.75, 3.05) is 5.32 Å². The largest absolute Gasteiger partial charge is 0.508 e. The Morgan fingerprint density at radius 1 is 1.03 bits per heavy atom. The van der Waals surface area contributed by atoms with Crippen molar-refractivity contribution in [2.45, 2.75) is 18.6 Å². The van der Waals surface area contributed by atoms with Crippen LogP contribution in [0, 0.1) is 0 Å². The van der Waals surface area contributed by atoms with E-state index in [1.165, 1.54) is 18.2 Å². The fourth-order valence-electron chi connectivity index (χ4n) is 3.11. The molecule has 1 atom stereocenters. The van der Waals surface area contributed by atoms with Crippen molar-refractivity contribution in [1.29, 1.82) is 0 Å². The van der Waals surface area contributed by atoms with Gasteiger partial charge in [-0.05, 0) is 17.7 Å². The smallest absolute Gasteiger partial charge is 0.340 e. The number of amides is 1. The molecule has 0 saturated carbocycles. The molecule has 0 saturated heterocycles. The molecule has 0 heterocycles. The van der Waals surface area contributed by atoms with Gasteiger partial charge in [0, 0.05) is 22.5 Å². The van der Waals surface area contributed by atoms with Crippen LogP contribution in [0.2, 0.25) is 0 Å². The van der Waals surface area contributed by atoms with Crippen LogP contribution in [0.15, 0.2) is 60.7 Å². The first-order chi connectivity index (χ1) is 14.3. The average molecular weight is 408 g/mol. The minimum atomic E-state index is -2.12. The summed E-state index contributed by atoms with van der Waals surface area (Å²) in [6, 6.07) is 16.0. The van der Waals surface area contributed by atoms with Gasteiger partial charge in [-0.2, -0.15) is 0 Å². The van der Waals surface area contributed by atoms with Gasteiger partial charge in [-0.25, -0.2) is 4.79 Å². The van der Waals surface area contributed by atoms with Gasteiger partial charge in [0.1, 0.15) is 18.1 Å². The monoisotopic (exact) mass is 408 g/mol. The molecule has 0 aliphatic rings. The van der Waals surface area contributed by atoms with Crippen molar-refractivity contribution in [3.05, 3.63) is 66.2 Å². The molecule has 0 aromatic heterocycles. The third kappa shape index (κ3) is 4.33. The van der Waals surface area contributed by atoms with Gasteiger partial charge < -0.3 is 30.8 Å². The van der Waals surface area contributed by atoms with Crippen LogP contribution in [0.25, 0.3) is 10.8 Å². The molecular weight excluding hydrogens is 388 g/mol. The van der Waals surface area contributed by atoms with Crippen LogP contribution in [0.3, 0.4) is 0 Å². The SMILES string of the molecule is NC(=O)C[C@](C=O)(Nc1cc(O)cc2c(O)cccc12)C(=O)OCc1ccccc1. The summed E-state index contributed by atoms with van der Waals surface area (Å²) in [6.45, 7) is -0.114. The molecule has 0 spiro atoms. The average Bonchev–Trinajstić information content (AvgIpc) is 2.72. The molecule has 5 N–H and O–H groups in total. The highest BCUT2D eigenvalue weighted by molar-refractivity contribution is 6.08. The van der Waals surface area contributed by atoms with E-state index >= 15 is 0 Å². The van der Waals surface area contributed by atoms with Crippen molar-refractivity contribution in [3.8, 4) is 11.5 Å². The number of phenolic OH excluding ortho intramolecular Hbond substituents is 2. The number of aromatic hydroxyl groups is 2.